The van der Waals surface area contributed by atoms with Crippen LogP contribution < -0.4 is 5.14 Å². The molecule has 0 aliphatic carbocycles. The van der Waals surface area contributed by atoms with Crippen molar-refractivity contribution in [2.75, 3.05) is 12.5 Å². The Bertz CT molecular complexity index is 215. The van der Waals surface area contributed by atoms with Crippen molar-refractivity contribution < 1.29 is 26.9 Å². The predicted molar refractivity (Wildman–Crippen MR) is 40.1 cm³/mol. The maximum absolute atomic E-state index is 9.41. The molecule has 0 radical (unpaired) electrons. The van der Waals surface area contributed by atoms with Crippen molar-refractivity contribution in [1.82, 2.24) is 0 Å². The zero-order chi connectivity index (χ0) is 9.00. The molecule has 0 aromatic rings. The van der Waals surface area contributed by atoms with Crippen molar-refractivity contribution in [3.8, 4) is 0 Å². The van der Waals surface area contributed by atoms with Crippen LogP contribution in [0.15, 0.2) is 0 Å². The molecule has 0 aromatic carbocycles. The van der Waals surface area contributed by atoms with Gasteiger partial charge in [0, 0.05) is 0 Å². The summed E-state index contributed by atoms with van der Waals surface area (Å²) in [4.78, 5) is 0. The predicted octanol–water partition coefficient (Wildman–Crippen LogP) is -2.42. The van der Waals surface area contributed by atoms with E-state index < -0.39 is 20.1 Å². The van der Waals surface area contributed by atoms with Gasteiger partial charge in [0.2, 0.25) is 10.0 Å². The van der Waals surface area contributed by atoms with E-state index in [2.05, 4.69) is 5.14 Å². The summed E-state index contributed by atoms with van der Waals surface area (Å²) in [5.74, 6) is 0. The minimum Gasteiger partial charge on any atom is -0.412 e. The van der Waals surface area contributed by atoms with Gasteiger partial charge in [0.15, 0.2) is 0 Å². The molecule has 0 saturated heterocycles. The number of hydrogen-bond donors (Lipinski definition) is 2. The van der Waals surface area contributed by atoms with Crippen LogP contribution in [0.4, 0.5) is 0 Å². The lowest BCUT2D eigenvalue weighted by molar-refractivity contribution is 0.490. The van der Waals surface area contributed by atoms with Gasteiger partial charge in [-0.3, -0.25) is 4.55 Å². The first-order valence-corrected chi connectivity index (χ1v) is 5.70. The van der Waals surface area contributed by atoms with Gasteiger partial charge in [-0.25, -0.2) is 13.6 Å². The van der Waals surface area contributed by atoms with Gasteiger partial charge in [0.1, 0.15) is 0 Å². The van der Waals surface area contributed by atoms with Crippen LogP contribution >= 0.6 is 0 Å². The minimum absolute atomic E-state index is 0. The lowest BCUT2D eigenvalue weighted by Gasteiger charge is -1.71. The maximum Gasteiger partial charge on any atom is 0.261 e. The number of primary sulfonamides is 1. The lowest BCUT2D eigenvalue weighted by atomic mass is 12.0. The highest BCUT2D eigenvalue weighted by atomic mass is 32.2. The summed E-state index contributed by atoms with van der Waals surface area (Å²) in [6, 6.07) is 0. The Morgan fingerprint density at radius 3 is 1.09 bits per heavy atom. The van der Waals surface area contributed by atoms with Crippen LogP contribution in [0.3, 0.4) is 0 Å². The second-order valence-corrected chi connectivity index (χ2v) is 4.69. The second kappa shape index (κ2) is 5.43. The Kier molecular flexibility index (Phi) is 8.41. The summed E-state index contributed by atoms with van der Waals surface area (Å²) in [5.41, 5.74) is 0. The Labute approximate surface area is 65.3 Å². The van der Waals surface area contributed by atoms with Gasteiger partial charge in [-0.1, -0.05) is 0 Å². The summed E-state index contributed by atoms with van der Waals surface area (Å²) >= 11 is 0. The van der Waals surface area contributed by atoms with E-state index in [9.17, 15) is 16.8 Å². The molecule has 72 valence electrons. The fourth-order valence-corrected chi connectivity index (χ4v) is 0. The molecule has 0 unspecified atom stereocenters. The van der Waals surface area contributed by atoms with Crippen molar-refractivity contribution in [3.05, 3.63) is 0 Å². The molecule has 11 heavy (non-hydrogen) atoms. The smallest absolute Gasteiger partial charge is 0.261 e. The van der Waals surface area contributed by atoms with E-state index in [1.165, 1.54) is 0 Å². The molecule has 9 heteroatoms. The first kappa shape index (κ1) is 17.0. The Hall–Kier alpha value is -0.220. The normalized spacial score (nSPS) is 10.5. The molecular weight excluding hydrogens is 198 g/mol. The topological polar surface area (TPSA) is 146 Å². The summed E-state index contributed by atoms with van der Waals surface area (Å²) < 4.78 is 44.7. The molecule has 0 atom stereocenters. The Balaban J connectivity index is -0.000000107. The number of sulfonamides is 1. The van der Waals surface area contributed by atoms with Crippen LogP contribution in [-0.2, 0) is 20.1 Å². The van der Waals surface area contributed by atoms with E-state index in [0.29, 0.717) is 6.26 Å². The van der Waals surface area contributed by atoms with Gasteiger partial charge in [0.05, 0.1) is 12.5 Å². The molecule has 0 rings (SSSR count). The molecule has 0 aliphatic heterocycles. The van der Waals surface area contributed by atoms with Crippen molar-refractivity contribution >= 4 is 20.1 Å². The molecule has 0 saturated carbocycles. The first-order valence-electron chi connectivity index (χ1n) is 1.90. The van der Waals surface area contributed by atoms with Crippen molar-refractivity contribution in [2.45, 2.75) is 0 Å². The highest BCUT2D eigenvalue weighted by molar-refractivity contribution is 7.88. The van der Waals surface area contributed by atoms with Gasteiger partial charge < -0.3 is 5.48 Å². The molecule has 0 fully saturated rings. The zero-order valence-electron chi connectivity index (χ0n) is 5.97. The lowest BCUT2D eigenvalue weighted by Crippen LogP contribution is -2.07. The largest absolute Gasteiger partial charge is 0.412 e. The van der Waals surface area contributed by atoms with Gasteiger partial charge in [0.25, 0.3) is 10.1 Å². The molecule has 0 amide bonds. The average Bonchev–Trinajstić information content (AvgIpc) is 1.12. The molecule has 0 bridgehead atoms. The summed E-state index contributed by atoms with van der Waals surface area (Å²) in [5, 5.41) is 4.33. The Morgan fingerprint density at radius 2 is 1.09 bits per heavy atom. The number of rotatable bonds is 0. The first-order chi connectivity index (χ1) is 4.00. The van der Waals surface area contributed by atoms with Crippen LogP contribution in [0.2, 0.25) is 0 Å². The van der Waals surface area contributed by atoms with Crippen LogP contribution in [0, 0.1) is 0 Å². The highest BCUT2D eigenvalue weighted by Gasteiger charge is 1.81. The Morgan fingerprint density at radius 1 is 1.09 bits per heavy atom. The average molecular weight is 209 g/mol. The zero-order valence-corrected chi connectivity index (χ0v) is 7.61. The van der Waals surface area contributed by atoms with E-state index in [0.717, 1.165) is 6.26 Å². The van der Waals surface area contributed by atoms with E-state index in [4.69, 9.17) is 4.55 Å². The van der Waals surface area contributed by atoms with Crippen molar-refractivity contribution in [3.63, 3.8) is 0 Å². The van der Waals surface area contributed by atoms with E-state index in [1.54, 1.807) is 0 Å². The van der Waals surface area contributed by atoms with Crippen molar-refractivity contribution in [1.29, 1.82) is 0 Å². The standard InChI is InChI=1S/CH5NO2S.CH4O3S.H2O/c2*1-5(2,3)4;/h1H3,(H2,2,3,4);1H3,(H,2,3,4);1H2. The van der Waals surface area contributed by atoms with Gasteiger partial charge in [-0.2, -0.15) is 8.42 Å². The molecular formula is C2H11NO6S2. The van der Waals surface area contributed by atoms with Crippen LogP contribution in [0.1, 0.15) is 0 Å². The fourth-order valence-electron chi connectivity index (χ4n) is 0. The summed E-state index contributed by atoms with van der Waals surface area (Å²) in [7, 11) is -6.83. The third-order valence-corrected chi connectivity index (χ3v) is 0. The third kappa shape index (κ3) is 12200. The van der Waals surface area contributed by atoms with Gasteiger partial charge in [-0.05, 0) is 0 Å². The van der Waals surface area contributed by atoms with Gasteiger partial charge >= 0.3 is 0 Å². The SMILES string of the molecule is CS(=O)(=O)O.CS(N)(=O)=O.O. The maximum atomic E-state index is 9.41. The summed E-state index contributed by atoms with van der Waals surface area (Å²) in [6.07, 6.45) is 1.65. The molecule has 0 aromatic heterocycles. The molecule has 0 heterocycles. The van der Waals surface area contributed by atoms with Crippen LogP contribution in [0.5, 0.6) is 0 Å². The van der Waals surface area contributed by atoms with E-state index in [1.807, 2.05) is 0 Å². The molecule has 0 spiro atoms. The van der Waals surface area contributed by atoms with Crippen LogP contribution in [0.25, 0.3) is 0 Å². The summed E-state index contributed by atoms with van der Waals surface area (Å²) in [6.45, 7) is 0. The quantitative estimate of drug-likeness (QED) is 0.426. The monoisotopic (exact) mass is 209 g/mol. The molecule has 7 nitrogen and oxygen atoms in total. The number of hydrogen-bond acceptors (Lipinski definition) is 4. The fraction of sp³-hybridized carbons (Fsp3) is 1.00. The molecule has 5 N–H and O–H groups in total. The van der Waals surface area contributed by atoms with E-state index in [-0.39, 0.29) is 5.48 Å². The number of nitrogens with two attached hydrogens (primary N) is 1. The second-order valence-electron chi connectivity index (χ2n) is 1.56. The minimum atomic E-state index is -3.67. The highest BCUT2D eigenvalue weighted by Crippen LogP contribution is 1.60. The van der Waals surface area contributed by atoms with Crippen LogP contribution in [-0.4, -0.2) is 39.4 Å². The molecule has 0 aliphatic rings. The third-order valence-electron chi connectivity index (χ3n) is 0. The van der Waals surface area contributed by atoms with E-state index >= 15 is 0 Å². The van der Waals surface area contributed by atoms with Gasteiger partial charge in [-0.15, -0.1) is 0 Å². The van der Waals surface area contributed by atoms with Crippen molar-refractivity contribution in [2.24, 2.45) is 5.14 Å².